The molecule has 31 heavy (non-hydrogen) atoms. The van der Waals surface area contributed by atoms with Crippen molar-refractivity contribution in [2.45, 2.75) is 26.3 Å². The van der Waals surface area contributed by atoms with Gasteiger partial charge in [-0.3, -0.25) is 10.00 Å². The highest BCUT2D eigenvalue weighted by atomic mass is 16.4. The van der Waals surface area contributed by atoms with Crippen LogP contribution in [0.25, 0.3) is 10.9 Å². The third-order valence-electron chi connectivity index (χ3n) is 6.02. The van der Waals surface area contributed by atoms with Gasteiger partial charge in [0.25, 0.3) is 0 Å². The summed E-state index contributed by atoms with van der Waals surface area (Å²) in [4.78, 5) is 14.7. The number of carboxylic acid groups (broad SMARTS) is 1. The molecule has 1 aromatic heterocycles. The van der Waals surface area contributed by atoms with Crippen LogP contribution >= 0.6 is 0 Å². The molecule has 0 saturated carbocycles. The summed E-state index contributed by atoms with van der Waals surface area (Å²) in [6.07, 6.45) is -0.884. The molecule has 2 aromatic rings. The zero-order valence-corrected chi connectivity index (χ0v) is 17.4. The topological polar surface area (TPSA) is 132 Å². The van der Waals surface area contributed by atoms with Gasteiger partial charge >= 0.3 is 6.09 Å². The van der Waals surface area contributed by atoms with Crippen molar-refractivity contribution in [2.24, 2.45) is 0 Å². The molecular weight excluding hydrogens is 394 g/mol. The highest BCUT2D eigenvalue weighted by Gasteiger charge is 2.30. The van der Waals surface area contributed by atoms with E-state index >= 15 is 0 Å². The van der Waals surface area contributed by atoms with E-state index in [4.69, 9.17) is 5.11 Å². The van der Waals surface area contributed by atoms with Gasteiger partial charge in [-0.15, -0.1) is 0 Å². The maximum atomic E-state index is 11.1. The first-order chi connectivity index (χ1) is 14.9. The highest BCUT2D eigenvalue weighted by Crippen LogP contribution is 2.38. The fraction of sp³-hybridized carbons (Fsp3) is 0.364. The number of rotatable bonds is 3. The Morgan fingerprint density at radius 2 is 1.81 bits per heavy atom. The number of amides is 1. The molecular formula is C22H23N7O2. The monoisotopic (exact) mass is 417 g/mol. The van der Waals surface area contributed by atoms with Crippen LogP contribution in [0.5, 0.6) is 0 Å². The van der Waals surface area contributed by atoms with Gasteiger partial charge in [0.15, 0.2) is 0 Å². The lowest BCUT2D eigenvalue weighted by Crippen LogP contribution is -2.47. The molecule has 2 aliphatic heterocycles. The lowest BCUT2D eigenvalue weighted by molar-refractivity contribution is 0.102. The molecule has 4 rings (SSSR count). The number of H-pyrrole nitrogens is 1. The first-order valence-corrected chi connectivity index (χ1v) is 10.1. The Morgan fingerprint density at radius 3 is 2.39 bits per heavy atom. The number of allylic oxidation sites excluding steroid dienone is 4. The molecule has 9 nitrogen and oxygen atoms in total. The molecule has 0 aliphatic carbocycles. The van der Waals surface area contributed by atoms with Gasteiger partial charge in [0.2, 0.25) is 0 Å². The summed E-state index contributed by atoms with van der Waals surface area (Å²) in [7, 11) is 0. The first kappa shape index (κ1) is 20.5. The molecule has 9 heteroatoms. The Balaban J connectivity index is 1.66. The maximum Gasteiger partial charge on any atom is 0.407 e. The number of hydrogen-bond donors (Lipinski definition) is 3. The molecule has 0 radical (unpaired) electrons. The second-order valence-electron chi connectivity index (χ2n) is 7.88. The first-order valence-electron chi connectivity index (χ1n) is 10.1. The third-order valence-corrected chi connectivity index (χ3v) is 6.02. The van der Waals surface area contributed by atoms with Gasteiger partial charge in [0.1, 0.15) is 0 Å². The number of aromatic nitrogens is 2. The molecule has 1 saturated heterocycles. The number of hydrogen-bond acceptors (Lipinski definition) is 6. The molecule has 3 N–H and O–H groups in total. The largest absolute Gasteiger partial charge is 0.465 e. The third kappa shape index (κ3) is 3.72. The lowest BCUT2D eigenvalue weighted by atomic mass is 9.81. The number of nitrogens with zero attached hydrogens (tertiary/aromatic N) is 5. The van der Waals surface area contributed by atoms with Crippen molar-refractivity contribution in [2.75, 3.05) is 26.2 Å². The van der Waals surface area contributed by atoms with E-state index in [0.29, 0.717) is 43.9 Å². The standard InChI is InChI=1S/C22H23N7O2/c1-13-17(10-23)21(18(11-24)14(2)25-13)15-3-4-19-16(9-15)20(27-26-19)12-28-5-7-29(8-6-28)22(30)31/h3-4,9,21,25H,5-8,12H2,1-2H3,(H,26,27)(H,30,31). The van der Waals surface area contributed by atoms with Crippen LogP contribution in [0.2, 0.25) is 0 Å². The number of aromatic amines is 1. The predicted molar refractivity (Wildman–Crippen MR) is 113 cm³/mol. The Kier molecular flexibility index (Phi) is 5.37. The summed E-state index contributed by atoms with van der Waals surface area (Å²) >= 11 is 0. The Morgan fingerprint density at radius 1 is 1.16 bits per heavy atom. The normalized spacial score (nSPS) is 18.1. The highest BCUT2D eigenvalue weighted by molar-refractivity contribution is 5.82. The molecule has 0 unspecified atom stereocenters. The predicted octanol–water partition coefficient (Wildman–Crippen LogP) is 2.64. The van der Waals surface area contributed by atoms with Crippen molar-refractivity contribution in [3.8, 4) is 12.1 Å². The second kappa shape index (κ2) is 8.13. The summed E-state index contributed by atoms with van der Waals surface area (Å²) in [5, 5.41) is 40.2. The van der Waals surface area contributed by atoms with Crippen LogP contribution in [0.1, 0.15) is 31.0 Å². The van der Waals surface area contributed by atoms with E-state index in [1.807, 2.05) is 32.0 Å². The number of piperazine rings is 1. The Bertz CT molecular complexity index is 1150. The van der Waals surface area contributed by atoms with Crippen LogP contribution < -0.4 is 5.32 Å². The van der Waals surface area contributed by atoms with Crippen molar-refractivity contribution in [1.29, 1.82) is 10.5 Å². The van der Waals surface area contributed by atoms with Crippen molar-refractivity contribution in [3.05, 3.63) is 52.0 Å². The molecule has 1 amide bonds. The van der Waals surface area contributed by atoms with Gasteiger partial charge in [0, 0.05) is 49.5 Å². The maximum absolute atomic E-state index is 11.1. The number of nitrogens with one attached hydrogen (secondary N) is 2. The van der Waals surface area contributed by atoms with E-state index < -0.39 is 12.0 Å². The summed E-state index contributed by atoms with van der Waals surface area (Å²) in [5.74, 6) is -0.414. The minimum Gasteiger partial charge on any atom is -0.465 e. The van der Waals surface area contributed by atoms with E-state index in [1.165, 1.54) is 4.90 Å². The zero-order chi connectivity index (χ0) is 22.1. The van der Waals surface area contributed by atoms with Crippen LogP contribution in [0.3, 0.4) is 0 Å². The van der Waals surface area contributed by atoms with Gasteiger partial charge in [-0.2, -0.15) is 15.6 Å². The summed E-state index contributed by atoms with van der Waals surface area (Å²) in [6, 6.07) is 10.4. The Labute approximate surface area is 179 Å². The van der Waals surface area contributed by atoms with E-state index in [2.05, 4.69) is 32.6 Å². The minimum absolute atomic E-state index is 0.414. The van der Waals surface area contributed by atoms with Crippen LogP contribution in [0, 0.1) is 22.7 Å². The van der Waals surface area contributed by atoms with Crippen molar-refractivity contribution >= 4 is 17.0 Å². The number of fused-ring (bicyclic) bond motifs is 1. The van der Waals surface area contributed by atoms with Crippen LogP contribution in [0.15, 0.2) is 40.7 Å². The van der Waals surface area contributed by atoms with Crippen molar-refractivity contribution in [1.82, 2.24) is 25.3 Å². The summed E-state index contributed by atoms with van der Waals surface area (Å²) < 4.78 is 0. The lowest BCUT2D eigenvalue weighted by Gasteiger charge is -2.32. The van der Waals surface area contributed by atoms with Crippen LogP contribution in [-0.2, 0) is 6.54 Å². The van der Waals surface area contributed by atoms with E-state index in [1.54, 1.807) is 0 Å². The average Bonchev–Trinajstić information content (AvgIpc) is 3.15. The smallest absolute Gasteiger partial charge is 0.407 e. The Hall–Kier alpha value is -3.82. The van der Waals surface area contributed by atoms with Gasteiger partial charge in [-0.1, -0.05) is 6.07 Å². The number of carbonyl (C=O) groups is 1. The van der Waals surface area contributed by atoms with E-state index in [9.17, 15) is 15.3 Å². The van der Waals surface area contributed by atoms with E-state index in [-0.39, 0.29) is 0 Å². The van der Waals surface area contributed by atoms with Gasteiger partial charge in [-0.25, -0.2) is 4.79 Å². The molecule has 2 aliphatic rings. The van der Waals surface area contributed by atoms with Gasteiger partial charge < -0.3 is 15.3 Å². The number of benzene rings is 1. The van der Waals surface area contributed by atoms with E-state index in [0.717, 1.165) is 33.6 Å². The van der Waals surface area contributed by atoms with Gasteiger partial charge in [-0.05, 0) is 31.5 Å². The SMILES string of the molecule is CC1=C(C#N)C(c2ccc3[nH]nc(CN4CCN(C(=O)O)CC4)c3c2)C(C#N)=C(C)N1. The fourth-order valence-corrected chi connectivity index (χ4v) is 4.32. The van der Waals surface area contributed by atoms with Gasteiger partial charge in [0.05, 0.1) is 40.4 Å². The van der Waals surface area contributed by atoms with Crippen LogP contribution in [0.4, 0.5) is 4.79 Å². The summed E-state index contributed by atoms with van der Waals surface area (Å²) in [5.41, 5.74) is 5.22. The molecule has 1 aromatic carbocycles. The van der Waals surface area contributed by atoms with Crippen molar-refractivity contribution in [3.63, 3.8) is 0 Å². The quantitative estimate of drug-likeness (QED) is 0.699. The molecule has 1 fully saturated rings. The fourth-order valence-electron chi connectivity index (χ4n) is 4.32. The minimum atomic E-state index is -0.884. The summed E-state index contributed by atoms with van der Waals surface area (Å²) in [6.45, 7) is 6.55. The number of nitriles is 2. The van der Waals surface area contributed by atoms with Crippen LogP contribution in [-0.4, -0.2) is 57.4 Å². The number of dihydropyridines is 1. The molecule has 0 spiro atoms. The zero-order valence-electron chi connectivity index (χ0n) is 17.4. The molecule has 3 heterocycles. The molecule has 0 bridgehead atoms. The second-order valence-corrected chi connectivity index (χ2v) is 7.88. The average molecular weight is 417 g/mol. The molecule has 0 atom stereocenters. The van der Waals surface area contributed by atoms with Crippen molar-refractivity contribution < 1.29 is 9.90 Å². The molecule has 158 valence electrons.